The summed E-state index contributed by atoms with van der Waals surface area (Å²) in [4.78, 5) is 11.8. The van der Waals surface area contributed by atoms with Crippen LogP contribution in [0.1, 0.15) is 44.2 Å². The molecule has 140 valence electrons. The summed E-state index contributed by atoms with van der Waals surface area (Å²) in [6.07, 6.45) is 0.982. The van der Waals surface area contributed by atoms with E-state index in [0.29, 0.717) is 12.5 Å². The molecule has 0 radical (unpaired) electrons. The van der Waals surface area contributed by atoms with Gasteiger partial charge < -0.3 is 14.2 Å². The molecule has 4 heteroatoms. The number of hydrogen-bond acceptors (Lipinski definition) is 4. The van der Waals surface area contributed by atoms with Crippen molar-refractivity contribution >= 4 is 5.97 Å². The molecule has 0 aliphatic carbocycles. The maximum atomic E-state index is 11.8. The lowest BCUT2D eigenvalue weighted by molar-refractivity contribution is -0.147. The van der Waals surface area contributed by atoms with Gasteiger partial charge in [-0.15, -0.1) is 0 Å². The molecule has 0 heterocycles. The van der Waals surface area contributed by atoms with Crippen molar-refractivity contribution in [3.8, 4) is 5.75 Å². The molecular formula is C22H28O4. The van der Waals surface area contributed by atoms with Crippen LogP contribution in [-0.2, 0) is 20.7 Å². The Labute approximate surface area is 156 Å². The summed E-state index contributed by atoms with van der Waals surface area (Å²) in [5.41, 5.74) is 2.25. The summed E-state index contributed by atoms with van der Waals surface area (Å²) in [5, 5.41) is 0. The smallest absolute Gasteiger partial charge is 0.310 e. The first-order valence-electron chi connectivity index (χ1n) is 9.16. The van der Waals surface area contributed by atoms with Crippen molar-refractivity contribution in [1.82, 2.24) is 0 Å². The van der Waals surface area contributed by atoms with Gasteiger partial charge in [-0.3, -0.25) is 4.79 Å². The molecule has 0 amide bonds. The first-order valence-corrected chi connectivity index (χ1v) is 9.16. The van der Waals surface area contributed by atoms with Crippen molar-refractivity contribution < 1.29 is 19.0 Å². The normalized spacial score (nSPS) is 13.0. The lowest BCUT2D eigenvalue weighted by atomic mass is 9.99. The van der Waals surface area contributed by atoms with E-state index in [-0.39, 0.29) is 19.0 Å². The molecule has 2 atom stereocenters. The van der Waals surface area contributed by atoms with Gasteiger partial charge in [-0.1, -0.05) is 56.3 Å². The molecule has 0 aliphatic rings. The summed E-state index contributed by atoms with van der Waals surface area (Å²) in [5.74, 6) is 1.06. The lowest BCUT2D eigenvalue weighted by Gasteiger charge is -2.16. The zero-order chi connectivity index (χ0) is 18.8. The summed E-state index contributed by atoms with van der Waals surface area (Å²) in [6.45, 7) is 6.73. The van der Waals surface area contributed by atoms with Crippen molar-refractivity contribution in [2.75, 3.05) is 13.2 Å². The minimum Gasteiger partial charge on any atom is -0.465 e. The maximum Gasteiger partial charge on any atom is 0.310 e. The van der Waals surface area contributed by atoms with Crippen LogP contribution in [0, 0.1) is 0 Å². The van der Waals surface area contributed by atoms with Crippen LogP contribution in [0.2, 0.25) is 0 Å². The number of hydrogen-bond donors (Lipinski definition) is 0. The van der Waals surface area contributed by atoms with Crippen LogP contribution in [0.5, 0.6) is 5.75 Å². The highest BCUT2D eigenvalue weighted by atomic mass is 16.7. The molecule has 0 aliphatic heterocycles. The Morgan fingerprint density at radius 2 is 1.65 bits per heavy atom. The Morgan fingerprint density at radius 3 is 2.31 bits per heavy atom. The number of benzene rings is 2. The van der Waals surface area contributed by atoms with Crippen LogP contribution in [0.25, 0.3) is 0 Å². The van der Waals surface area contributed by atoms with Gasteiger partial charge in [0.25, 0.3) is 0 Å². The van der Waals surface area contributed by atoms with Crippen LogP contribution in [0.15, 0.2) is 54.6 Å². The first kappa shape index (κ1) is 20.0. The standard InChI is InChI=1S/C22H28O4/c1-4-17(2)20-10-12-21(13-11-20)26-18(3)24-14-15-25-22(23)16-19-8-6-5-7-9-19/h5-13,17-18H,4,14-16H2,1-3H3. The molecule has 2 aromatic rings. The van der Waals surface area contributed by atoms with Crippen molar-refractivity contribution in [3.05, 3.63) is 65.7 Å². The molecule has 0 spiro atoms. The van der Waals surface area contributed by atoms with E-state index in [1.807, 2.05) is 49.4 Å². The summed E-state index contributed by atoms with van der Waals surface area (Å²) >= 11 is 0. The van der Waals surface area contributed by atoms with Gasteiger partial charge in [0.2, 0.25) is 0 Å². The quantitative estimate of drug-likeness (QED) is 0.351. The van der Waals surface area contributed by atoms with Crippen LogP contribution >= 0.6 is 0 Å². The van der Waals surface area contributed by atoms with Crippen LogP contribution < -0.4 is 4.74 Å². The molecular weight excluding hydrogens is 328 g/mol. The topological polar surface area (TPSA) is 44.8 Å². The Kier molecular flexibility index (Phi) is 8.16. The third-order valence-electron chi connectivity index (χ3n) is 4.25. The number of carbonyl (C=O) groups is 1. The fraction of sp³-hybridized carbons (Fsp3) is 0.409. The fourth-order valence-electron chi connectivity index (χ4n) is 2.52. The van der Waals surface area contributed by atoms with Crippen molar-refractivity contribution in [2.45, 2.75) is 45.8 Å². The minimum atomic E-state index is -0.405. The molecule has 0 aromatic heterocycles. The van der Waals surface area contributed by atoms with Crippen molar-refractivity contribution in [2.24, 2.45) is 0 Å². The maximum absolute atomic E-state index is 11.8. The van der Waals surface area contributed by atoms with Gasteiger partial charge >= 0.3 is 5.97 Å². The monoisotopic (exact) mass is 356 g/mol. The number of rotatable bonds is 10. The highest BCUT2D eigenvalue weighted by molar-refractivity contribution is 5.72. The van der Waals surface area contributed by atoms with Crippen LogP contribution in [-0.4, -0.2) is 25.5 Å². The molecule has 2 aromatic carbocycles. The Bertz CT molecular complexity index is 652. The molecule has 2 rings (SSSR count). The van der Waals surface area contributed by atoms with E-state index in [1.54, 1.807) is 0 Å². The Morgan fingerprint density at radius 1 is 0.962 bits per heavy atom. The second kappa shape index (κ2) is 10.6. The van der Waals surface area contributed by atoms with Crippen molar-refractivity contribution in [1.29, 1.82) is 0 Å². The van der Waals surface area contributed by atoms with Crippen LogP contribution in [0.3, 0.4) is 0 Å². The van der Waals surface area contributed by atoms with Crippen LogP contribution in [0.4, 0.5) is 0 Å². The van der Waals surface area contributed by atoms with E-state index >= 15 is 0 Å². The molecule has 2 unspecified atom stereocenters. The average Bonchev–Trinajstić information content (AvgIpc) is 2.66. The zero-order valence-corrected chi connectivity index (χ0v) is 15.8. The SMILES string of the molecule is CCC(C)c1ccc(OC(C)OCCOC(=O)Cc2ccccc2)cc1. The summed E-state index contributed by atoms with van der Waals surface area (Å²) in [6, 6.07) is 17.6. The van der Waals surface area contributed by atoms with E-state index < -0.39 is 6.29 Å². The summed E-state index contributed by atoms with van der Waals surface area (Å²) in [7, 11) is 0. The number of esters is 1. The number of carbonyl (C=O) groups excluding carboxylic acids is 1. The minimum absolute atomic E-state index is 0.215. The van der Waals surface area contributed by atoms with E-state index in [1.165, 1.54) is 5.56 Å². The molecule has 0 saturated heterocycles. The zero-order valence-electron chi connectivity index (χ0n) is 15.8. The van der Waals surface area contributed by atoms with E-state index in [0.717, 1.165) is 17.7 Å². The van der Waals surface area contributed by atoms with E-state index in [9.17, 15) is 4.79 Å². The largest absolute Gasteiger partial charge is 0.465 e. The fourth-order valence-corrected chi connectivity index (χ4v) is 2.52. The number of ether oxygens (including phenoxy) is 3. The van der Waals surface area contributed by atoms with E-state index in [4.69, 9.17) is 14.2 Å². The second-order valence-corrected chi connectivity index (χ2v) is 6.32. The second-order valence-electron chi connectivity index (χ2n) is 6.32. The molecule has 0 fully saturated rings. The predicted molar refractivity (Wildman–Crippen MR) is 102 cm³/mol. The van der Waals surface area contributed by atoms with Gasteiger partial charge in [0.15, 0.2) is 6.29 Å². The Hall–Kier alpha value is -2.33. The van der Waals surface area contributed by atoms with E-state index in [2.05, 4.69) is 26.0 Å². The van der Waals surface area contributed by atoms with Gasteiger partial charge in [0, 0.05) is 0 Å². The molecule has 0 saturated carbocycles. The lowest BCUT2D eigenvalue weighted by Crippen LogP contribution is -2.20. The molecule has 0 N–H and O–H groups in total. The first-order chi connectivity index (χ1) is 12.6. The summed E-state index contributed by atoms with van der Waals surface area (Å²) < 4.78 is 16.5. The molecule has 0 bridgehead atoms. The third-order valence-corrected chi connectivity index (χ3v) is 4.25. The molecule has 4 nitrogen and oxygen atoms in total. The van der Waals surface area contributed by atoms with Crippen molar-refractivity contribution in [3.63, 3.8) is 0 Å². The Balaban J connectivity index is 1.64. The van der Waals surface area contributed by atoms with Gasteiger partial charge in [0.1, 0.15) is 12.4 Å². The van der Waals surface area contributed by atoms with Gasteiger partial charge in [-0.25, -0.2) is 0 Å². The van der Waals surface area contributed by atoms with Gasteiger partial charge in [-0.2, -0.15) is 0 Å². The molecule has 26 heavy (non-hydrogen) atoms. The third kappa shape index (κ3) is 6.89. The highest BCUT2D eigenvalue weighted by Gasteiger charge is 2.08. The van der Waals surface area contributed by atoms with Gasteiger partial charge in [-0.05, 0) is 42.5 Å². The highest BCUT2D eigenvalue weighted by Crippen LogP contribution is 2.22. The average molecular weight is 356 g/mol. The predicted octanol–water partition coefficient (Wildman–Crippen LogP) is 4.73. The van der Waals surface area contributed by atoms with Gasteiger partial charge in [0.05, 0.1) is 13.0 Å².